The zero-order valence-electron chi connectivity index (χ0n) is 81.8. The van der Waals surface area contributed by atoms with Crippen LogP contribution in [0.1, 0.15) is 401 Å². The SMILES string of the molecule is CCCCCCC(=O)N1CC[C@@H](OC(=O)CCC(C)=O)[C@H](CC)C1.CCCCCCC(=O)N1CC[C@H](OC(=O)CCC(C)=O)[C@H](CC)C1.CCCCCCCN1CC[C@@H](OC(=O)CCC(C)=O)[C@H](CC)C1.CCCCCCCN1CC[C@H](OC(=O)CCC(C)=O)[C@H](CC)C1.[C-]#[N+]CCOP(O[C@H]1CCN(C(=O)CCCCCC)C[C@H]1CC)N(C(C)C)C(C)C. The first-order valence-electron chi connectivity index (χ1n) is 49.7. The number of hydrogen-bond donors (Lipinski definition) is 0. The van der Waals surface area contributed by atoms with Crippen molar-refractivity contribution in [1.29, 1.82) is 0 Å². The predicted molar refractivity (Wildman–Crippen MR) is 499 cm³/mol. The maximum atomic E-state index is 12.6. The normalized spacial score (nSPS) is 21.2. The Labute approximate surface area is 755 Å². The molecule has 1 unspecified atom stereocenters. The average Bonchev–Trinajstić information content (AvgIpc) is 0.837. The summed E-state index contributed by atoms with van der Waals surface area (Å²) in [5.74, 6) is 1.41. The van der Waals surface area contributed by atoms with Gasteiger partial charge in [-0.1, -0.05) is 178 Å². The molecule has 0 aromatic heterocycles. The number of rotatable bonds is 56. The van der Waals surface area contributed by atoms with Gasteiger partial charge < -0.3 is 76.5 Å². The Bertz CT molecular complexity index is 2820. The van der Waals surface area contributed by atoms with E-state index in [0.717, 1.165) is 129 Å². The molecule has 5 aliphatic heterocycles. The molecule has 0 N–H and O–H groups in total. The number of unbranched alkanes of at least 4 members (excludes halogenated alkanes) is 17. The molecule has 0 radical (unpaired) electrons. The number of ketones is 4. The summed E-state index contributed by atoms with van der Waals surface area (Å²) in [6, 6.07) is 0.600. The number of hydrogen-bond acceptors (Lipinski definition) is 20. The minimum absolute atomic E-state index is 0.00230. The van der Waals surface area contributed by atoms with Crippen LogP contribution in [-0.2, 0) is 80.7 Å². The Morgan fingerprint density at radius 1 is 0.339 bits per heavy atom. The fourth-order valence-electron chi connectivity index (χ4n) is 16.9. The lowest BCUT2D eigenvalue weighted by Gasteiger charge is -2.42. The van der Waals surface area contributed by atoms with Crippen LogP contribution in [0.4, 0.5) is 0 Å². The molecule has 0 bridgehead atoms. The van der Waals surface area contributed by atoms with E-state index >= 15 is 0 Å². The molecule has 5 aliphatic rings. The van der Waals surface area contributed by atoms with Crippen LogP contribution in [0.5, 0.6) is 0 Å². The van der Waals surface area contributed by atoms with Crippen molar-refractivity contribution in [2.75, 3.05) is 91.7 Å². The molecule has 0 aromatic carbocycles. The van der Waals surface area contributed by atoms with Gasteiger partial charge in [-0.15, -0.1) is 0 Å². The van der Waals surface area contributed by atoms with E-state index in [1.165, 1.54) is 144 Å². The van der Waals surface area contributed by atoms with Gasteiger partial charge in [-0.2, -0.15) is 0 Å². The highest BCUT2D eigenvalue weighted by atomic mass is 31.2. The average molecular weight is 1770 g/mol. The third-order valence-corrected chi connectivity index (χ3v) is 26.9. The summed E-state index contributed by atoms with van der Waals surface area (Å²) in [6.45, 7) is 54.8. The van der Waals surface area contributed by atoms with Crippen molar-refractivity contribution >= 4 is 73.3 Å². The second-order valence-electron chi connectivity index (χ2n) is 36.3. The van der Waals surface area contributed by atoms with Crippen LogP contribution < -0.4 is 0 Å². The van der Waals surface area contributed by atoms with E-state index in [9.17, 15) is 52.7 Å². The van der Waals surface area contributed by atoms with E-state index in [0.29, 0.717) is 120 Å². The lowest BCUT2D eigenvalue weighted by Crippen LogP contribution is -2.47. The van der Waals surface area contributed by atoms with Crippen molar-refractivity contribution in [2.45, 2.75) is 443 Å². The van der Waals surface area contributed by atoms with Crippen LogP contribution >= 0.6 is 8.53 Å². The quantitative estimate of drug-likeness (QED) is 0.0180. The van der Waals surface area contributed by atoms with Gasteiger partial charge in [0.15, 0.2) is 0 Å². The highest BCUT2D eigenvalue weighted by Crippen LogP contribution is 2.49. The molecular weight excluding hydrogens is 1590 g/mol. The van der Waals surface area contributed by atoms with Crippen LogP contribution in [0.2, 0.25) is 0 Å². The van der Waals surface area contributed by atoms with E-state index in [1.54, 1.807) is 0 Å². The Balaban J connectivity index is 0.000000778. The Morgan fingerprint density at radius 2 is 0.597 bits per heavy atom. The smallest absolute Gasteiger partial charge is 0.306 e. The molecule has 5 saturated heterocycles. The second-order valence-corrected chi connectivity index (χ2v) is 37.7. The number of carbonyl (C=O) groups excluding carboxylic acids is 11. The van der Waals surface area contributed by atoms with Crippen molar-refractivity contribution in [3.8, 4) is 0 Å². The Kier molecular flexibility index (Phi) is 68.2. The monoisotopic (exact) mass is 1770 g/mol. The summed E-state index contributed by atoms with van der Waals surface area (Å²) in [5, 5.41) is 0. The number of ether oxygens (including phenoxy) is 4. The van der Waals surface area contributed by atoms with Crippen LogP contribution in [0, 0.1) is 36.2 Å². The number of esters is 4. The van der Waals surface area contributed by atoms with Gasteiger partial charge in [-0.25, -0.2) is 11.2 Å². The van der Waals surface area contributed by atoms with Crippen molar-refractivity contribution in [3.05, 3.63) is 11.4 Å². The van der Waals surface area contributed by atoms with Crippen molar-refractivity contribution < 1.29 is 80.7 Å². The maximum absolute atomic E-state index is 12.6. The van der Waals surface area contributed by atoms with E-state index in [4.69, 9.17) is 34.6 Å². The topological polar surface area (TPSA) is 267 Å². The summed E-state index contributed by atoms with van der Waals surface area (Å²) >= 11 is 0. The summed E-state index contributed by atoms with van der Waals surface area (Å²) in [6.07, 6.45) is 39.2. The first-order valence-corrected chi connectivity index (χ1v) is 50.8. The molecule has 3 amide bonds. The molecule has 5 heterocycles. The number of Topliss-reactive ketones (excluding diaryl/α,β-unsaturated/α-hetero) is 4. The molecule has 0 aliphatic carbocycles. The minimum Gasteiger partial charge on any atom is -0.462 e. The molecule has 718 valence electrons. The minimum atomic E-state index is -1.23. The zero-order chi connectivity index (χ0) is 92.6. The largest absolute Gasteiger partial charge is 0.462 e. The first kappa shape index (κ1) is 117. The predicted octanol–water partition coefficient (Wildman–Crippen LogP) is 20.8. The molecule has 5 fully saturated rings. The lowest BCUT2D eigenvalue weighted by molar-refractivity contribution is -0.158. The lowest BCUT2D eigenvalue weighted by atomic mass is 9.91. The van der Waals surface area contributed by atoms with Crippen LogP contribution in [0.25, 0.3) is 4.85 Å². The van der Waals surface area contributed by atoms with Gasteiger partial charge in [-0.3, -0.25) is 33.6 Å². The van der Waals surface area contributed by atoms with Gasteiger partial charge in [0.05, 0.1) is 31.8 Å². The van der Waals surface area contributed by atoms with Gasteiger partial charge in [0.1, 0.15) is 54.2 Å². The molecule has 25 heteroatoms. The number of likely N-dealkylation sites (tertiary alicyclic amines) is 5. The fourth-order valence-corrected chi connectivity index (χ4v) is 18.7. The summed E-state index contributed by atoms with van der Waals surface area (Å²) in [5.41, 5.74) is 0. The zero-order valence-corrected chi connectivity index (χ0v) is 82.6. The number of carbonyl (C=O) groups is 11. The van der Waals surface area contributed by atoms with Crippen molar-refractivity contribution in [2.24, 2.45) is 29.6 Å². The summed E-state index contributed by atoms with van der Waals surface area (Å²) in [4.78, 5) is 143. The summed E-state index contributed by atoms with van der Waals surface area (Å²) in [7, 11) is -1.23. The first-order chi connectivity index (χ1) is 59.4. The number of piperidine rings is 5. The molecule has 0 saturated carbocycles. The van der Waals surface area contributed by atoms with E-state index in [-0.39, 0.29) is 140 Å². The Hall–Kier alpha value is -5.31. The second kappa shape index (κ2) is 72.5. The highest BCUT2D eigenvalue weighted by molar-refractivity contribution is 7.44. The molecule has 11 atom stereocenters. The van der Waals surface area contributed by atoms with Gasteiger partial charge in [0.25, 0.3) is 8.53 Å². The third-order valence-electron chi connectivity index (χ3n) is 24.8. The van der Waals surface area contributed by atoms with Crippen LogP contribution in [0.3, 0.4) is 0 Å². The van der Waals surface area contributed by atoms with Crippen molar-refractivity contribution in [3.63, 3.8) is 0 Å². The number of amides is 3. The highest BCUT2D eigenvalue weighted by Gasteiger charge is 2.39. The van der Waals surface area contributed by atoms with E-state index in [2.05, 4.69) is 116 Å². The maximum Gasteiger partial charge on any atom is 0.306 e. The fraction of sp³-hybridized carbons (Fsp3) is 0.879. The van der Waals surface area contributed by atoms with Gasteiger partial charge >= 0.3 is 23.9 Å². The van der Waals surface area contributed by atoms with E-state index in [1.807, 2.05) is 14.7 Å². The third kappa shape index (κ3) is 53.6. The van der Waals surface area contributed by atoms with Crippen LogP contribution in [0.15, 0.2) is 0 Å². The molecule has 24 nitrogen and oxygen atoms in total. The molecular formula is C99H180N7O17P. The Morgan fingerprint density at radius 3 is 0.863 bits per heavy atom. The van der Waals surface area contributed by atoms with Gasteiger partial charge in [-0.05, 0) is 152 Å². The standard InChI is InChI=1S/C23H44N3O3P.2C19H33NO4.2C19H35NO3/c1-8-10-11-12-13-23(27)25-16-14-22(21(9-2)18-25)29-30(28-17-15-24-7)26(19(3)4)20(5)6;2*1-4-6-7-8-9-18(22)20-13-12-17(16(5-2)14-20)24-19(23)11-10-15(3)21;2*1-4-6-7-8-9-13-20-14-12-18(17(5-2)15-20)23-19(22)11-10-16(3)21/h19-22H,8-18H2,1-6H3;2*16-17H,4-14H2,1-3H3;2*17-18H,4-15H2,1-3H3/t21-,22+,30?;16-,17+;16-,17-;17-,18+;17-,18-/m11111/s1. The van der Waals surface area contributed by atoms with Gasteiger partial charge in [0, 0.05) is 165 Å². The molecule has 0 spiro atoms. The van der Waals surface area contributed by atoms with Crippen LogP contribution in [-0.4, -0.2) is 228 Å². The van der Waals surface area contributed by atoms with Gasteiger partial charge in [0.2, 0.25) is 24.3 Å². The van der Waals surface area contributed by atoms with Crippen molar-refractivity contribution in [1.82, 2.24) is 29.2 Å². The van der Waals surface area contributed by atoms with E-state index < -0.39 is 8.53 Å². The molecule has 0 aromatic rings. The number of nitrogens with zero attached hydrogens (tertiary/aromatic N) is 7. The molecule has 5 rings (SSSR count). The molecule has 124 heavy (non-hydrogen) atoms. The summed E-state index contributed by atoms with van der Waals surface area (Å²) < 4.78 is 37.4.